The van der Waals surface area contributed by atoms with Gasteiger partial charge in [0.25, 0.3) is 0 Å². The van der Waals surface area contributed by atoms with Crippen LogP contribution in [0.25, 0.3) is 0 Å². The van der Waals surface area contributed by atoms with E-state index in [0.29, 0.717) is 18.9 Å². The molecule has 0 atom stereocenters. The first-order valence-electron chi connectivity index (χ1n) is 5.61. The molecule has 0 radical (unpaired) electrons. The maximum atomic E-state index is 11.9. The standard InChI is InChI=1S/C13H16F3NO/c1-2-9-18-12-5-3-11(4-6-12)10-17-8-7-13(14,15)16/h2-6,17H,1,7-10H2. The fourth-order valence-electron chi connectivity index (χ4n) is 1.32. The minimum Gasteiger partial charge on any atom is -0.490 e. The lowest BCUT2D eigenvalue weighted by molar-refractivity contribution is -0.133. The lowest BCUT2D eigenvalue weighted by Gasteiger charge is -2.08. The average Bonchev–Trinajstić information content (AvgIpc) is 2.32. The summed E-state index contributed by atoms with van der Waals surface area (Å²) in [4.78, 5) is 0. The molecule has 2 nitrogen and oxygen atoms in total. The number of nitrogens with one attached hydrogen (secondary N) is 1. The SMILES string of the molecule is C=CCOc1ccc(CNCCC(F)(F)F)cc1. The van der Waals surface area contributed by atoms with Gasteiger partial charge in [-0.05, 0) is 17.7 Å². The zero-order valence-corrected chi connectivity index (χ0v) is 9.96. The van der Waals surface area contributed by atoms with Crippen molar-refractivity contribution < 1.29 is 17.9 Å². The van der Waals surface area contributed by atoms with Crippen LogP contribution >= 0.6 is 0 Å². The van der Waals surface area contributed by atoms with Gasteiger partial charge in [0.05, 0.1) is 6.42 Å². The van der Waals surface area contributed by atoms with Crippen molar-refractivity contribution in [1.82, 2.24) is 5.32 Å². The molecule has 0 unspecified atom stereocenters. The van der Waals surface area contributed by atoms with E-state index in [1.54, 1.807) is 18.2 Å². The van der Waals surface area contributed by atoms with E-state index < -0.39 is 12.6 Å². The van der Waals surface area contributed by atoms with Crippen LogP contribution in [0.4, 0.5) is 13.2 Å². The molecule has 0 saturated heterocycles. The summed E-state index contributed by atoms with van der Waals surface area (Å²) < 4.78 is 41.0. The second kappa shape index (κ2) is 7.06. The van der Waals surface area contributed by atoms with E-state index in [2.05, 4.69) is 11.9 Å². The number of ether oxygens (including phenoxy) is 1. The van der Waals surface area contributed by atoms with Gasteiger partial charge in [0.1, 0.15) is 12.4 Å². The van der Waals surface area contributed by atoms with Crippen molar-refractivity contribution >= 4 is 0 Å². The molecule has 0 saturated carbocycles. The summed E-state index contributed by atoms with van der Waals surface area (Å²) >= 11 is 0. The van der Waals surface area contributed by atoms with Crippen LogP contribution in [0.3, 0.4) is 0 Å². The highest BCUT2D eigenvalue weighted by Gasteiger charge is 2.25. The van der Waals surface area contributed by atoms with Gasteiger partial charge in [-0.15, -0.1) is 0 Å². The van der Waals surface area contributed by atoms with Crippen molar-refractivity contribution in [3.05, 3.63) is 42.5 Å². The highest BCUT2D eigenvalue weighted by Crippen LogP contribution is 2.18. The molecule has 0 aliphatic heterocycles. The Morgan fingerprint density at radius 1 is 1.22 bits per heavy atom. The summed E-state index contributed by atoms with van der Waals surface area (Å²) in [6.45, 7) is 4.31. The third kappa shape index (κ3) is 6.30. The monoisotopic (exact) mass is 259 g/mol. The molecule has 1 aromatic carbocycles. The predicted octanol–water partition coefficient (Wildman–Crippen LogP) is 3.29. The molecular formula is C13H16F3NO. The molecule has 0 bridgehead atoms. The van der Waals surface area contributed by atoms with E-state index in [0.717, 1.165) is 5.56 Å². The van der Waals surface area contributed by atoms with E-state index in [1.807, 2.05) is 12.1 Å². The minimum atomic E-state index is -4.10. The van der Waals surface area contributed by atoms with Crippen molar-refractivity contribution in [3.8, 4) is 5.75 Å². The highest BCUT2D eigenvalue weighted by molar-refractivity contribution is 5.27. The van der Waals surface area contributed by atoms with Crippen molar-refractivity contribution in [1.29, 1.82) is 0 Å². The van der Waals surface area contributed by atoms with E-state index in [-0.39, 0.29) is 6.54 Å². The van der Waals surface area contributed by atoms with Crippen molar-refractivity contribution in [2.45, 2.75) is 19.1 Å². The van der Waals surface area contributed by atoms with Crippen LogP contribution in [0, 0.1) is 0 Å². The lowest BCUT2D eigenvalue weighted by Crippen LogP contribution is -2.21. The van der Waals surface area contributed by atoms with E-state index >= 15 is 0 Å². The molecule has 5 heteroatoms. The lowest BCUT2D eigenvalue weighted by atomic mass is 10.2. The van der Waals surface area contributed by atoms with Crippen molar-refractivity contribution in [2.75, 3.05) is 13.2 Å². The summed E-state index contributed by atoms with van der Waals surface area (Å²) in [7, 11) is 0. The van der Waals surface area contributed by atoms with Crippen molar-refractivity contribution in [3.63, 3.8) is 0 Å². The smallest absolute Gasteiger partial charge is 0.390 e. The third-order valence-corrected chi connectivity index (χ3v) is 2.21. The van der Waals surface area contributed by atoms with Crippen LogP contribution in [0.2, 0.25) is 0 Å². The molecule has 1 N–H and O–H groups in total. The quantitative estimate of drug-likeness (QED) is 0.599. The zero-order chi connectivity index (χ0) is 13.4. The average molecular weight is 259 g/mol. The van der Waals surface area contributed by atoms with Crippen molar-refractivity contribution in [2.24, 2.45) is 0 Å². The number of rotatable bonds is 7. The summed E-state index contributed by atoms with van der Waals surface area (Å²) in [6.07, 6.45) is -3.27. The molecule has 0 fully saturated rings. The Bertz CT molecular complexity index is 359. The maximum absolute atomic E-state index is 11.9. The fourth-order valence-corrected chi connectivity index (χ4v) is 1.32. The second-order valence-electron chi connectivity index (χ2n) is 3.79. The Labute approximate surface area is 104 Å². The van der Waals surface area contributed by atoms with Crippen LogP contribution in [0.5, 0.6) is 5.75 Å². The molecule has 0 aliphatic rings. The molecule has 0 heterocycles. The predicted molar refractivity (Wildman–Crippen MR) is 64.5 cm³/mol. The van der Waals surface area contributed by atoms with E-state index in [1.165, 1.54) is 0 Å². The first-order valence-corrected chi connectivity index (χ1v) is 5.61. The molecule has 0 aromatic heterocycles. The Kier molecular flexibility index (Phi) is 5.71. The van der Waals surface area contributed by atoms with Gasteiger partial charge >= 0.3 is 6.18 Å². The van der Waals surface area contributed by atoms with Crippen LogP contribution in [-0.2, 0) is 6.54 Å². The number of benzene rings is 1. The molecule has 18 heavy (non-hydrogen) atoms. The van der Waals surface area contributed by atoms with Gasteiger partial charge in [0.15, 0.2) is 0 Å². The van der Waals surface area contributed by atoms with Crippen LogP contribution in [-0.4, -0.2) is 19.3 Å². The van der Waals surface area contributed by atoms with Crippen LogP contribution in [0.15, 0.2) is 36.9 Å². The van der Waals surface area contributed by atoms with Gasteiger partial charge < -0.3 is 10.1 Å². The normalized spacial score (nSPS) is 11.3. The Morgan fingerprint density at radius 3 is 2.44 bits per heavy atom. The summed E-state index contributed by atoms with van der Waals surface area (Å²) in [5.41, 5.74) is 0.920. The van der Waals surface area contributed by atoms with Gasteiger partial charge in [-0.25, -0.2) is 0 Å². The summed E-state index contributed by atoms with van der Waals surface area (Å²) in [5.74, 6) is 0.717. The first kappa shape index (κ1) is 14.6. The Morgan fingerprint density at radius 2 is 1.89 bits per heavy atom. The molecular weight excluding hydrogens is 243 g/mol. The largest absolute Gasteiger partial charge is 0.490 e. The molecule has 1 rings (SSSR count). The number of alkyl halides is 3. The second-order valence-corrected chi connectivity index (χ2v) is 3.79. The van der Waals surface area contributed by atoms with Crippen LogP contribution in [0.1, 0.15) is 12.0 Å². The minimum absolute atomic E-state index is 0.0712. The molecule has 100 valence electrons. The first-order chi connectivity index (χ1) is 8.51. The molecule has 0 amide bonds. The number of halogens is 3. The van der Waals surface area contributed by atoms with E-state index in [9.17, 15) is 13.2 Å². The van der Waals surface area contributed by atoms with Gasteiger partial charge in [-0.3, -0.25) is 0 Å². The fraction of sp³-hybridized carbons (Fsp3) is 0.385. The van der Waals surface area contributed by atoms with Crippen LogP contribution < -0.4 is 10.1 Å². The number of hydrogen-bond acceptors (Lipinski definition) is 2. The maximum Gasteiger partial charge on any atom is 0.390 e. The molecule has 0 spiro atoms. The Hall–Kier alpha value is -1.49. The highest BCUT2D eigenvalue weighted by atomic mass is 19.4. The zero-order valence-electron chi connectivity index (χ0n) is 9.96. The molecule has 0 aliphatic carbocycles. The Balaban J connectivity index is 2.28. The van der Waals surface area contributed by atoms with Gasteiger partial charge in [-0.1, -0.05) is 24.8 Å². The number of hydrogen-bond donors (Lipinski definition) is 1. The van der Waals surface area contributed by atoms with E-state index in [4.69, 9.17) is 4.74 Å². The third-order valence-electron chi connectivity index (χ3n) is 2.21. The van der Waals surface area contributed by atoms with Gasteiger partial charge in [0, 0.05) is 13.1 Å². The molecule has 1 aromatic rings. The topological polar surface area (TPSA) is 21.3 Å². The van der Waals surface area contributed by atoms with Gasteiger partial charge in [0.2, 0.25) is 0 Å². The summed E-state index contributed by atoms with van der Waals surface area (Å²) in [6, 6.07) is 7.20. The summed E-state index contributed by atoms with van der Waals surface area (Å²) in [5, 5.41) is 2.74. The van der Waals surface area contributed by atoms with Gasteiger partial charge in [-0.2, -0.15) is 13.2 Å².